The van der Waals surface area contributed by atoms with E-state index in [0.717, 1.165) is 38.8 Å². The first kappa shape index (κ1) is 14.2. The van der Waals surface area contributed by atoms with Crippen molar-refractivity contribution < 1.29 is 4.79 Å². The average molecular weight is 283 g/mol. The molecule has 0 radical (unpaired) electrons. The van der Waals surface area contributed by atoms with E-state index in [1.807, 2.05) is 0 Å². The minimum Gasteiger partial charge on any atom is -0.316 e. The Morgan fingerprint density at radius 2 is 2.37 bits per heavy atom. The van der Waals surface area contributed by atoms with E-state index in [4.69, 9.17) is 11.6 Å². The van der Waals surface area contributed by atoms with Crippen LogP contribution in [0.2, 0.25) is 5.15 Å². The number of piperidine rings is 1. The molecule has 1 aliphatic heterocycles. The van der Waals surface area contributed by atoms with Crippen molar-refractivity contribution in [3.63, 3.8) is 0 Å². The molecule has 0 spiro atoms. The van der Waals surface area contributed by atoms with Crippen LogP contribution < -0.4 is 10.6 Å². The molecule has 104 valence electrons. The Bertz CT molecular complexity index is 423. The van der Waals surface area contributed by atoms with Crippen LogP contribution in [-0.4, -0.2) is 29.2 Å². The number of rotatable bonds is 4. The van der Waals surface area contributed by atoms with E-state index in [1.54, 1.807) is 12.1 Å². The molecule has 2 heterocycles. The predicted octanol–water partition coefficient (Wildman–Crippen LogP) is 2.24. The van der Waals surface area contributed by atoms with Gasteiger partial charge in [-0.05, 0) is 37.9 Å². The summed E-state index contributed by atoms with van der Waals surface area (Å²) in [6.07, 6.45) is 3.81. The predicted molar refractivity (Wildman–Crippen MR) is 75.1 cm³/mol. The summed E-state index contributed by atoms with van der Waals surface area (Å²) >= 11 is 5.68. The minimum atomic E-state index is -0.325. The zero-order chi connectivity index (χ0) is 13.7. The smallest absolute Gasteiger partial charge is 0.233 e. The summed E-state index contributed by atoms with van der Waals surface area (Å²) in [6.45, 7) is 3.82. The summed E-state index contributed by atoms with van der Waals surface area (Å²) in [6, 6.07) is 3.29. The Kier molecular flexibility index (Phi) is 4.71. The highest BCUT2D eigenvalue weighted by Crippen LogP contribution is 2.32. The van der Waals surface area contributed by atoms with Gasteiger partial charge in [0.2, 0.25) is 5.91 Å². The van der Waals surface area contributed by atoms with Gasteiger partial charge < -0.3 is 10.6 Å². The molecule has 1 aromatic rings. The van der Waals surface area contributed by atoms with Gasteiger partial charge in [0.05, 0.1) is 5.41 Å². The molecule has 0 aliphatic carbocycles. The number of nitrogens with one attached hydrogen (secondary N) is 2. The van der Waals surface area contributed by atoms with Crippen molar-refractivity contribution in [2.45, 2.75) is 32.6 Å². The molecule has 5 nitrogen and oxygen atoms in total. The molecule has 1 fully saturated rings. The van der Waals surface area contributed by atoms with Crippen LogP contribution in [0.5, 0.6) is 0 Å². The number of amides is 1. The van der Waals surface area contributed by atoms with Gasteiger partial charge in [-0.15, -0.1) is 10.2 Å². The molecule has 6 heteroatoms. The van der Waals surface area contributed by atoms with E-state index in [-0.39, 0.29) is 11.3 Å². The van der Waals surface area contributed by atoms with E-state index in [9.17, 15) is 4.79 Å². The van der Waals surface area contributed by atoms with Crippen molar-refractivity contribution in [1.29, 1.82) is 0 Å². The maximum Gasteiger partial charge on any atom is 0.233 e. The zero-order valence-electron chi connectivity index (χ0n) is 11.1. The maximum atomic E-state index is 12.5. The lowest BCUT2D eigenvalue weighted by molar-refractivity contribution is -0.127. The van der Waals surface area contributed by atoms with Gasteiger partial charge in [0.15, 0.2) is 11.0 Å². The largest absolute Gasteiger partial charge is 0.316 e. The van der Waals surface area contributed by atoms with E-state index in [1.165, 1.54) is 0 Å². The first-order chi connectivity index (χ1) is 9.16. The van der Waals surface area contributed by atoms with Crippen LogP contribution in [0, 0.1) is 5.41 Å². The summed E-state index contributed by atoms with van der Waals surface area (Å²) in [7, 11) is 0. The quantitative estimate of drug-likeness (QED) is 0.889. The van der Waals surface area contributed by atoms with Gasteiger partial charge >= 0.3 is 0 Å². The number of hydrogen-bond donors (Lipinski definition) is 2. The van der Waals surface area contributed by atoms with E-state index >= 15 is 0 Å². The van der Waals surface area contributed by atoms with Crippen molar-refractivity contribution in [2.75, 3.05) is 18.4 Å². The normalized spacial score (nSPS) is 23.1. The molecule has 0 saturated carbocycles. The third kappa shape index (κ3) is 3.42. The second-order valence-corrected chi connectivity index (χ2v) is 5.39. The van der Waals surface area contributed by atoms with Crippen LogP contribution in [0.3, 0.4) is 0 Å². The molecule has 0 bridgehead atoms. The Labute approximate surface area is 118 Å². The van der Waals surface area contributed by atoms with Crippen LogP contribution in [0.25, 0.3) is 0 Å². The summed E-state index contributed by atoms with van der Waals surface area (Å²) in [5.41, 5.74) is -0.325. The third-order valence-corrected chi connectivity index (χ3v) is 3.76. The fourth-order valence-corrected chi connectivity index (χ4v) is 2.70. The summed E-state index contributed by atoms with van der Waals surface area (Å²) in [4.78, 5) is 12.5. The van der Waals surface area contributed by atoms with Gasteiger partial charge in [-0.1, -0.05) is 24.9 Å². The number of carbonyl (C=O) groups excluding carboxylic acids is 1. The van der Waals surface area contributed by atoms with Crippen LogP contribution in [0.1, 0.15) is 32.6 Å². The molecule has 1 unspecified atom stereocenters. The van der Waals surface area contributed by atoms with Crippen LogP contribution >= 0.6 is 11.6 Å². The monoisotopic (exact) mass is 282 g/mol. The van der Waals surface area contributed by atoms with Gasteiger partial charge in [0.1, 0.15) is 0 Å². The Morgan fingerprint density at radius 3 is 2.95 bits per heavy atom. The average Bonchev–Trinajstić information content (AvgIpc) is 2.43. The van der Waals surface area contributed by atoms with Gasteiger partial charge in [0, 0.05) is 6.54 Å². The molecule has 1 saturated heterocycles. The fourth-order valence-electron chi connectivity index (χ4n) is 2.60. The molecular formula is C13H19ClN4O. The minimum absolute atomic E-state index is 0.0261. The Balaban J connectivity index is 2.09. The Morgan fingerprint density at radius 1 is 1.53 bits per heavy atom. The molecule has 1 atom stereocenters. The van der Waals surface area contributed by atoms with Gasteiger partial charge in [-0.2, -0.15) is 0 Å². The SMILES string of the molecule is CCCC1(C(=O)Nc2ccc(Cl)nn2)CCCNC1. The maximum absolute atomic E-state index is 12.5. The number of hydrogen-bond acceptors (Lipinski definition) is 4. The highest BCUT2D eigenvalue weighted by molar-refractivity contribution is 6.29. The summed E-state index contributed by atoms with van der Waals surface area (Å²) < 4.78 is 0. The van der Waals surface area contributed by atoms with E-state index in [2.05, 4.69) is 27.8 Å². The number of halogens is 1. The zero-order valence-corrected chi connectivity index (χ0v) is 11.8. The summed E-state index contributed by atoms with van der Waals surface area (Å²) in [5.74, 6) is 0.480. The molecule has 0 aromatic carbocycles. The van der Waals surface area contributed by atoms with Crippen LogP contribution in [0.4, 0.5) is 5.82 Å². The topological polar surface area (TPSA) is 66.9 Å². The van der Waals surface area contributed by atoms with Gasteiger partial charge in [-0.25, -0.2) is 0 Å². The van der Waals surface area contributed by atoms with Gasteiger partial charge in [0.25, 0.3) is 0 Å². The van der Waals surface area contributed by atoms with Crippen LogP contribution in [0.15, 0.2) is 12.1 Å². The fraction of sp³-hybridized carbons (Fsp3) is 0.615. The molecule has 1 amide bonds. The standard InChI is InChI=1S/C13H19ClN4O/c1-2-6-13(7-3-8-15-9-13)12(19)16-11-5-4-10(14)17-18-11/h4-5,15H,2-3,6-9H2,1H3,(H,16,18,19). The molecule has 2 rings (SSSR count). The van der Waals surface area contributed by atoms with Crippen molar-refractivity contribution in [3.05, 3.63) is 17.3 Å². The van der Waals surface area contributed by atoms with Gasteiger partial charge in [-0.3, -0.25) is 4.79 Å². The van der Waals surface area contributed by atoms with E-state index in [0.29, 0.717) is 11.0 Å². The first-order valence-electron chi connectivity index (χ1n) is 6.68. The number of carbonyl (C=O) groups is 1. The second-order valence-electron chi connectivity index (χ2n) is 5.01. The molecule has 2 N–H and O–H groups in total. The van der Waals surface area contributed by atoms with Crippen molar-refractivity contribution in [1.82, 2.24) is 15.5 Å². The third-order valence-electron chi connectivity index (χ3n) is 3.56. The second kappa shape index (κ2) is 6.30. The van der Waals surface area contributed by atoms with E-state index < -0.39 is 0 Å². The molecule has 1 aliphatic rings. The number of aromatic nitrogens is 2. The molecular weight excluding hydrogens is 264 g/mol. The number of anilines is 1. The highest BCUT2D eigenvalue weighted by atomic mass is 35.5. The number of nitrogens with zero attached hydrogens (tertiary/aromatic N) is 2. The highest BCUT2D eigenvalue weighted by Gasteiger charge is 2.38. The van der Waals surface area contributed by atoms with Crippen molar-refractivity contribution >= 4 is 23.3 Å². The van der Waals surface area contributed by atoms with Crippen molar-refractivity contribution in [3.8, 4) is 0 Å². The van der Waals surface area contributed by atoms with Crippen molar-refractivity contribution in [2.24, 2.45) is 5.41 Å². The first-order valence-corrected chi connectivity index (χ1v) is 7.05. The lowest BCUT2D eigenvalue weighted by Crippen LogP contribution is -2.48. The van der Waals surface area contributed by atoms with Crippen LogP contribution in [-0.2, 0) is 4.79 Å². The Hall–Kier alpha value is -1.20. The lowest BCUT2D eigenvalue weighted by atomic mass is 9.76. The lowest BCUT2D eigenvalue weighted by Gasteiger charge is -2.36. The molecule has 1 aromatic heterocycles. The summed E-state index contributed by atoms with van der Waals surface area (Å²) in [5, 5.41) is 14.1. The molecule has 19 heavy (non-hydrogen) atoms.